The molecule has 5 heteroatoms. The standard InChI is InChI=1S/C13H16N4O/c1-9-8-14-6-7-17(9)13(18)12-10-4-2-3-5-11(10)15-16-12/h2-5,9,14H,6-8H2,1H3,(H,15,16). The zero-order chi connectivity index (χ0) is 12.5. The molecule has 2 aromatic rings. The van der Waals surface area contributed by atoms with Crippen LogP contribution in [0.15, 0.2) is 24.3 Å². The molecule has 1 atom stereocenters. The molecule has 1 aliphatic rings. The van der Waals surface area contributed by atoms with E-state index in [1.165, 1.54) is 0 Å². The van der Waals surface area contributed by atoms with Gasteiger partial charge in [0, 0.05) is 31.1 Å². The third-order valence-corrected chi connectivity index (χ3v) is 3.44. The molecule has 0 spiro atoms. The molecule has 2 N–H and O–H groups in total. The summed E-state index contributed by atoms with van der Waals surface area (Å²) in [5.41, 5.74) is 1.43. The van der Waals surface area contributed by atoms with Gasteiger partial charge in [0.05, 0.1) is 5.52 Å². The Hall–Kier alpha value is -1.88. The van der Waals surface area contributed by atoms with Crippen molar-refractivity contribution in [1.82, 2.24) is 20.4 Å². The average Bonchev–Trinajstić information content (AvgIpc) is 2.82. The largest absolute Gasteiger partial charge is 0.332 e. The maximum atomic E-state index is 12.5. The summed E-state index contributed by atoms with van der Waals surface area (Å²) in [5.74, 6) is 0.0152. The van der Waals surface area contributed by atoms with Crippen molar-refractivity contribution >= 4 is 16.8 Å². The lowest BCUT2D eigenvalue weighted by Crippen LogP contribution is -2.52. The molecule has 0 radical (unpaired) electrons. The van der Waals surface area contributed by atoms with Crippen molar-refractivity contribution in [3.05, 3.63) is 30.0 Å². The number of fused-ring (bicyclic) bond motifs is 1. The predicted molar refractivity (Wildman–Crippen MR) is 69.5 cm³/mol. The van der Waals surface area contributed by atoms with Crippen LogP contribution in [0.3, 0.4) is 0 Å². The molecule has 18 heavy (non-hydrogen) atoms. The van der Waals surface area contributed by atoms with Gasteiger partial charge < -0.3 is 10.2 Å². The first-order valence-electron chi connectivity index (χ1n) is 6.22. The maximum absolute atomic E-state index is 12.5. The van der Waals surface area contributed by atoms with E-state index >= 15 is 0 Å². The van der Waals surface area contributed by atoms with Gasteiger partial charge in [-0.3, -0.25) is 9.89 Å². The number of nitrogens with zero attached hydrogens (tertiary/aromatic N) is 2. The Labute approximate surface area is 105 Å². The van der Waals surface area contributed by atoms with Gasteiger partial charge in [0.15, 0.2) is 5.69 Å². The fourth-order valence-corrected chi connectivity index (χ4v) is 2.41. The highest BCUT2D eigenvalue weighted by atomic mass is 16.2. The first kappa shape index (κ1) is 11.2. The number of benzene rings is 1. The number of carbonyl (C=O) groups excluding carboxylic acids is 1. The number of carbonyl (C=O) groups is 1. The van der Waals surface area contributed by atoms with Crippen LogP contribution in [0.1, 0.15) is 17.4 Å². The van der Waals surface area contributed by atoms with Crippen molar-refractivity contribution in [2.24, 2.45) is 0 Å². The molecule has 94 valence electrons. The Balaban J connectivity index is 1.96. The molecule has 1 unspecified atom stereocenters. The molecule has 1 aromatic heterocycles. The minimum absolute atomic E-state index is 0.0152. The number of amides is 1. The third-order valence-electron chi connectivity index (χ3n) is 3.44. The van der Waals surface area contributed by atoms with Gasteiger partial charge in [-0.05, 0) is 13.0 Å². The summed E-state index contributed by atoms with van der Waals surface area (Å²) >= 11 is 0. The van der Waals surface area contributed by atoms with Crippen molar-refractivity contribution in [3.8, 4) is 0 Å². The average molecular weight is 244 g/mol. The van der Waals surface area contributed by atoms with Gasteiger partial charge in [-0.15, -0.1) is 0 Å². The summed E-state index contributed by atoms with van der Waals surface area (Å²) in [6, 6.07) is 7.93. The van der Waals surface area contributed by atoms with Crippen molar-refractivity contribution in [3.63, 3.8) is 0 Å². The number of para-hydroxylation sites is 1. The van der Waals surface area contributed by atoms with Crippen molar-refractivity contribution < 1.29 is 4.79 Å². The van der Waals surface area contributed by atoms with E-state index in [-0.39, 0.29) is 11.9 Å². The third kappa shape index (κ3) is 1.76. The van der Waals surface area contributed by atoms with Crippen LogP contribution >= 0.6 is 0 Å². The van der Waals surface area contributed by atoms with Gasteiger partial charge in [0.2, 0.25) is 0 Å². The minimum atomic E-state index is 0.0152. The first-order chi connectivity index (χ1) is 8.77. The van der Waals surface area contributed by atoms with Crippen LogP contribution in [0.2, 0.25) is 0 Å². The Morgan fingerprint density at radius 3 is 3.11 bits per heavy atom. The molecule has 0 bridgehead atoms. The van der Waals surface area contributed by atoms with Crippen LogP contribution in [-0.2, 0) is 0 Å². The summed E-state index contributed by atoms with van der Waals surface area (Å²) < 4.78 is 0. The van der Waals surface area contributed by atoms with Crippen molar-refractivity contribution in [2.45, 2.75) is 13.0 Å². The van der Waals surface area contributed by atoms with E-state index in [0.717, 1.165) is 30.5 Å². The molecule has 0 saturated carbocycles. The Morgan fingerprint density at radius 2 is 2.28 bits per heavy atom. The summed E-state index contributed by atoms with van der Waals surface area (Å²) in [7, 11) is 0. The molecule has 3 rings (SSSR count). The molecule has 1 amide bonds. The van der Waals surface area contributed by atoms with Crippen LogP contribution in [0.5, 0.6) is 0 Å². The lowest BCUT2D eigenvalue weighted by atomic mass is 10.1. The summed E-state index contributed by atoms with van der Waals surface area (Å²) in [5, 5.41) is 11.3. The van der Waals surface area contributed by atoms with Crippen LogP contribution in [0, 0.1) is 0 Å². The topological polar surface area (TPSA) is 61.0 Å². The summed E-state index contributed by atoms with van der Waals surface area (Å²) in [4.78, 5) is 14.4. The highest BCUT2D eigenvalue weighted by Gasteiger charge is 2.26. The number of nitrogens with one attached hydrogen (secondary N) is 2. The summed E-state index contributed by atoms with van der Waals surface area (Å²) in [6.07, 6.45) is 0. The zero-order valence-corrected chi connectivity index (χ0v) is 10.3. The van der Waals surface area contributed by atoms with Gasteiger partial charge in [-0.25, -0.2) is 0 Å². The number of aromatic nitrogens is 2. The molecule has 1 aromatic carbocycles. The van der Waals surface area contributed by atoms with E-state index in [4.69, 9.17) is 0 Å². The van der Waals surface area contributed by atoms with Crippen molar-refractivity contribution in [1.29, 1.82) is 0 Å². The van der Waals surface area contributed by atoms with E-state index in [1.54, 1.807) is 0 Å². The van der Waals surface area contributed by atoms with Gasteiger partial charge >= 0.3 is 0 Å². The Bertz CT molecular complexity index is 577. The number of hydrogen-bond acceptors (Lipinski definition) is 3. The zero-order valence-electron chi connectivity index (χ0n) is 10.3. The second-order valence-corrected chi connectivity index (χ2v) is 4.67. The van der Waals surface area contributed by atoms with Gasteiger partial charge in [0.1, 0.15) is 0 Å². The van der Waals surface area contributed by atoms with Gasteiger partial charge in [0.25, 0.3) is 5.91 Å². The highest BCUT2D eigenvalue weighted by molar-refractivity contribution is 6.04. The molecular formula is C13H16N4O. The number of H-pyrrole nitrogens is 1. The normalized spacial score (nSPS) is 20.3. The number of piperazine rings is 1. The molecule has 5 nitrogen and oxygen atoms in total. The van der Waals surface area contributed by atoms with E-state index in [1.807, 2.05) is 29.2 Å². The second kappa shape index (κ2) is 4.42. The summed E-state index contributed by atoms with van der Waals surface area (Å²) in [6.45, 7) is 4.48. The van der Waals surface area contributed by atoms with Crippen LogP contribution in [-0.4, -0.2) is 46.7 Å². The molecule has 1 fully saturated rings. The van der Waals surface area contributed by atoms with E-state index in [2.05, 4.69) is 22.4 Å². The van der Waals surface area contributed by atoms with Crippen LogP contribution in [0.4, 0.5) is 0 Å². The lowest BCUT2D eigenvalue weighted by Gasteiger charge is -2.33. The fourth-order valence-electron chi connectivity index (χ4n) is 2.41. The Kier molecular flexibility index (Phi) is 2.76. The first-order valence-corrected chi connectivity index (χ1v) is 6.22. The van der Waals surface area contributed by atoms with Crippen molar-refractivity contribution in [2.75, 3.05) is 19.6 Å². The number of rotatable bonds is 1. The fraction of sp³-hybridized carbons (Fsp3) is 0.385. The van der Waals surface area contributed by atoms with E-state index in [0.29, 0.717) is 5.69 Å². The lowest BCUT2D eigenvalue weighted by molar-refractivity contribution is 0.0651. The predicted octanol–water partition coefficient (Wildman–Crippen LogP) is 0.997. The van der Waals surface area contributed by atoms with Crippen LogP contribution in [0.25, 0.3) is 10.9 Å². The smallest absolute Gasteiger partial charge is 0.275 e. The minimum Gasteiger partial charge on any atom is -0.332 e. The van der Waals surface area contributed by atoms with E-state index < -0.39 is 0 Å². The quantitative estimate of drug-likeness (QED) is 0.786. The highest BCUT2D eigenvalue weighted by Crippen LogP contribution is 2.18. The molecule has 1 saturated heterocycles. The monoisotopic (exact) mass is 244 g/mol. The molecule has 0 aliphatic carbocycles. The van der Waals surface area contributed by atoms with Gasteiger partial charge in [-0.1, -0.05) is 18.2 Å². The molecular weight excluding hydrogens is 228 g/mol. The Morgan fingerprint density at radius 1 is 1.44 bits per heavy atom. The maximum Gasteiger partial charge on any atom is 0.275 e. The van der Waals surface area contributed by atoms with E-state index in [9.17, 15) is 4.79 Å². The molecule has 1 aliphatic heterocycles. The number of hydrogen-bond donors (Lipinski definition) is 2. The second-order valence-electron chi connectivity index (χ2n) is 4.67. The SMILES string of the molecule is CC1CNCCN1C(=O)c1n[nH]c2ccccc12. The van der Waals surface area contributed by atoms with Gasteiger partial charge in [-0.2, -0.15) is 5.10 Å². The van der Waals surface area contributed by atoms with Crippen LogP contribution < -0.4 is 5.32 Å². The number of aromatic amines is 1. The molecule has 2 heterocycles.